The van der Waals surface area contributed by atoms with E-state index in [4.69, 9.17) is 0 Å². The van der Waals surface area contributed by atoms with Crippen LogP contribution in [0.3, 0.4) is 0 Å². The minimum Gasteiger partial charge on any atom is -0.215 e. The van der Waals surface area contributed by atoms with Gasteiger partial charge in [0.05, 0.1) is 6.26 Å². The topological polar surface area (TPSA) is 101 Å². The van der Waals surface area contributed by atoms with Gasteiger partial charge in [0.2, 0.25) is 10.0 Å². The summed E-state index contributed by atoms with van der Waals surface area (Å²) in [6.45, 7) is 0.290. The number of tetrazole rings is 1. The Bertz CT molecular complexity index is 317. The summed E-state index contributed by atoms with van der Waals surface area (Å²) in [7, 11) is -3.11. The fraction of sp³-hybridized carbons (Fsp3) is 0.750. The smallest absolute Gasteiger partial charge is 0.208 e. The third-order valence-electron chi connectivity index (χ3n) is 1.10. The summed E-state index contributed by atoms with van der Waals surface area (Å²) in [5.41, 5.74) is 0. The minimum absolute atomic E-state index is 0.290. The highest BCUT2D eigenvalue weighted by molar-refractivity contribution is 7.88. The van der Waals surface area contributed by atoms with Crippen molar-refractivity contribution in [2.75, 3.05) is 12.8 Å². The summed E-state index contributed by atoms with van der Waals surface area (Å²) < 4.78 is 23.5. The molecular formula is C4H9N5O2S. The lowest BCUT2D eigenvalue weighted by atomic mass is 10.4. The lowest BCUT2D eigenvalue weighted by Gasteiger charge is -1.97. The molecule has 2 N–H and O–H groups in total. The van der Waals surface area contributed by atoms with Gasteiger partial charge in [-0.05, 0) is 0 Å². The Morgan fingerprint density at radius 1 is 1.58 bits per heavy atom. The Labute approximate surface area is 69.6 Å². The largest absolute Gasteiger partial charge is 0.215 e. The summed E-state index contributed by atoms with van der Waals surface area (Å²) in [5, 5.41) is 12.9. The molecule has 0 radical (unpaired) electrons. The van der Waals surface area contributed by atoms with Crippen LogP contribution in [0.4, 0.5) is 0 Å². The minimum atomic E-state index is -3.11. The molecule has 0 saturated carbocycles. The highest BCUT2D eigenvalue weighted by Gasteiger charge is 2.01. The van der Waals surface area contributed by atoms with Crippen molar-refractivity contribution < 1.29 is 8.42 Å². The van der Waals surface area contributed by atoms with Crippen LogP contribution in [0.15, 0.2) is 0 Å². The molecule has 0 aliphatic heterocycles. The van der Waals surface area contributed by atoms with E-state index in [-0.39, 0.29) is 0 Å². The van der Waals surface area contributed by atoms with Gasteiger partial charge in [0.25, 0.3) is 0 Å². The van der Waals surface area contributed by atoms with Crippen molar-refractivity contribution >= 4 is 10.0 Å². The second-order valence-electron chi connectivity index (χ2n) is 2.24. The lowest BCUT2D eigenvalue weighted by Crippen LogP contribution is -2.24. The molecule has 12 heavy (non-hydrogen) atoms. The molecule has 0 atom stereocenters. The predicted molar refractivity (Wildman–Crippen MR) is 40.7 cm³/mol. The van der Waals surface area contributed by atoms with Gasteiger partial charge in [0.15, 0.2) is 5.82 Å². The summed E-state index contributed by atoms with van der Waals surface area (Å²) in [4.78, 5) is 0. The molecule has 0 spiro atoms. The standard InChI is InChI=1S/C4H9N5O2S/c1-12(10,11)5-3-2-4-6-8-9-7-4/h5H,2-3H2,1H3,(H,6,7,8,9). The molecule has 0 aliphatic carbocycles. The first-order valence-electron chi connectivity index (χ1n) is 3.25. The Morgan fingerprint density at radius 2 is 2.33 bits per heavy atom. The molecule has 1 heterocycles. The lowest BCUT2D eigenvalue weighted by molar-refractivity contribution is 0.587. The van der Waals surface area contributed by atoms with Crippen molar-refractivity contribution in [3.05, 3.63) is 5.82 Å². The number of sulfonamides is 1. The van der Waals surface area contributed by atoms with E-state index in [2.05, 4.69) is 25.3 Å². The maximum Gasteiger partial charge on any atom is 0.208 e. The van der Waals surface area contributed by atoms with E-state index in [1.165, 1.54) is 0 Å². The number of nitrogens with zero attached hydrogens (tertiary/aromatic N) is 3. The molecule has 0 saturated heterocycles. The van der Waals surface area contributed by atoms with Gasteiger partial charge in [0, 0.05) is 13.0 Å². The average Bonchev–Trinajstić information content (AvgIpc) is 2.36. The van der Waals surface area contributed by atoms with Gasteiger partial charge in [0.1, 0.15) is 0 Å². The first kappa shape index (κ1) is 9.07. The molecule has 7 nitrogen and oxygen atoms in total. The number of H-pyrrole nitrogens is 1. The number of hydrogen-bond donors (Lipinski definition) is 2. The molecule has 0 amide bonds. The van der Waals surface area contributed by atoms with E-state index in [9.17, 15) is 8.42 Å². The quantitative estimate of drug-likeness (QED) is 0.590. The van der Waals surface area contributed by atoms with Crippen LogP contribution in [0.25, 0.3) is 0 Å². The summed E-state index contributed by atoms with van der Waals surface area (Å²) in [6, 6.07) is 0. The maximum atomic E-state index is 10.6. The summed E-state index contributed by atoms with van der Waals surface area (Å²) in [5.74, 6) is 0.492. The molecule has 8 heteroatoms. The number of aromatic nitrogens is 4. The van der Waals surface area contributed by atoms with E-state index >= 15 is 0 Å². The van der Waals surface area contributed by atoms with Crippen molar-refractivity contribution in [2.24, 2.45) is 0 Å². The van der Waals surface area contributed by atoms with E-state index in [1.54, 1.807) is 0 Å². The molecule has 68 valence electrons. The van der Waals surface area contributed by atoms with Crippen LogP contribution in [0.1, 0.15) is 5.82 Å². The molecule has 1 aromatic heterocycles. The van der Waals surface area contributed by atoms with Gasteiger partial charge < -0.3 is 0 Å². The number of rotatable bonds is 4. The van der Waals surface area contributed by atoms with E-state index in [1.807, 2.05) is 0 Å². The second kappa shape index (κ2) is 3.59. The summed E-state index contributed by atoms with van der Waals surface area (Å²) in [6.07, 6.45) is 1.53. The maximum absolute atomic E-state index is 10.6. The molecule has 1 aromatic rings. The monoisotopic (exact) mass is 191 g/mol. The van der Waals surface area contributed by atoms with Crippen LogP contribution < -0.4 is 4.72 Å². The highest BCUT2D eigenvalue weighted by Crippen LogP contribution is 1.84. The first-order chi connectivity index (χ1) is 5.58. The van der Waals surface area contributed by atoms with Crippen molar-refractivity contribution in [1.82, 2.24) is 25.3 Å². The Morgan fingerprint density at radius 3 is 2.83 bits per heavy atom. The van der Waals surface area contributed by atoms with Gasteiger partial charge in [-0.25, -0.2) is 13.1 Å². The summed E-state index contributed by atoms with van der Waals surface area (Å²) >= 11 is 0. The normalized spacial score (nSPS) is 11.8. The van der Waals surface area contributed by atoms with Crippen molar-refractivity contribution in [2.45, 2.75) is 6.42 Å². The fourth-order valence-corrected chi connectivity index (χ4v) is 1.11. The van der Waals surface area contributed by atoms with Crippen molar-refractivity contribution in [1.29, 1.82) is 0 Å². The molecule has 0 fully saturated rings. The van der Waals surface area contributed by atoms with Crippen molar-refractivity contribution in [3.63, 3.8) is 0 Å². The third kappa shape index (κ3) is 3.39. The molecule has 0 aromatic carbocycles. The Kier molecular flexibility index (Phi) is 2.71. The van der Waals surface area contributed by atoms with Crippen LogP contribution in [0.5, 0.6) is 0 Å². The van der Waals surface area contributed by atoms with Crippen LogP contribution in [0, 0.1) is 0 Å². The number of nitrogens with one attached hydrogen (secondary N) is 2. The van der Waals surface area contributed by atoms with E-state index < -0.39 is 10.0 Å². The predicted octanol–water partition coefficient (Wildman–Crippen LogP) is -1.71. The SMILES string of the molecule is CS(=O)(=O)NCCc1nn[nH]n1. The highest BCUT2D eigenvalue weighted by atomic mass is 32.2. The Hall–Kier alpha value is -1.02. The van der Waals surface area contributed by atoms with Gasteiger partial charge in [-0.15, -0.1) is 10.2 Å². The van der Waals surface area contributed by atoms with Crippen LogP contribution in [0.2, 0.25) is 0 Å². The molecular weight excluding hydrogens is 182 g/mol. The van der Waals surface area contributed by atoms with Crippen LogP contribution in [-0.2, 0) is 16.4 Å². The van der Waals surface area contributed by atoms with E-state index in [0.29, 0.717) is 18.8 Å². The van der Waals surface area contributed by atoms with Gasteiger partial charge in [-0.1, -0.05) is 5.21 Å². The van der Waals surface area contributed by atoms with Gasteiger partial charge in [-0.3, -0.25) is 0 Å². The first-order valence-corrected chi connectivity index (χ1v) is 5.14. The fourth-order valence-electron chi connectivity index (χ4n) is 0.637. The van der Waals surface area contributed by atoms with Crippen molar-refractivity contribution in [3.8, 4) is 0 Å². The third-order valence-corrected chi connectivity index (χ3v) is 1.83. The van der Waals surface area contributed by atoms with Crippen LogP contribution >= 0.6 is 0 Å². The molecule has 0 aliphatic rings. The average molecular weight is 191 g/mol. The Balaban J connectivity index is 2.29. The zero-order valence-corrected chi connectivity index (χ0v) is 7.30. The molecule has 1 rings (SSSR count). The zero-order chi connectivity index (χ0) is 9.03. The van der Waals surface area contributed by atoms with Gasteiger partial charge in [-0.2, -0.15) is 5.21 Å². The zero-order valence-electron chi connectivity index (χ0n) is 6.48. The molecule has 0 unspecified atom stereocenters. The van der Waals surface area contributed by atoms with E-state index in [0.717, 1.165) is 6.26 Å². The molecule has 0 bridgehead atoms. The van der Waals surface area contributed by atoms with Gasteiger partial charge >= 0.3 is 0 Å². The number of hydrogen-bond acceptors (Lipinski definition) is 5. The number of aromatic amines is 1. The van der Waals surface area contributed by atoms with Crippen LogP contribution in [-0.4, -0.2) is 41.8 Å². The second-order valence-corrected chi connectivity index (χ2v) is 4.08.